The summed E-state index contributed by atoms with van der Waals surface area (Å²) in [6.45, 7) is 0.259. The number of nitrogens with one attached hydrogen (secondary N) is 2. The average Bonchev–Trinajstić information content (AvgIpc) is 2.33. The molecule has 0 bridgehead atoms. The van der Waals surface area contributed by atoms with Gasteiger partial charge in [0.2, 0.25) is 0 Å². The fourth-order valence-electron chi connectivity index (χ4n) is 1.05. The number of nitrogens with zero attached hydrogens (tertiary/aromatic N) is 1. The highest BCUT2D eigenvalue weighted by atomic mass is 79.9. The molecule has 0 aliphatic rings. The van der Waals surface area contributed by atoms with E-state index in [1.165, 1.54) is 14.2 Å². The number of ether oxygens (including phenoxy) is 2. The lowest BCUT2D eigenvalue weighted by Crippen LogP contribution is -2.36. The average molecular weight is 304 g/mol. The lowest BCUT2D eigenvalue weighted by Gasteiger charge is -2.14. The van der Waals surface area contributed by atoms with Crippen molar-refractivity contribution >= 4 is 27.8 Å². The van der Waals surface area contributed by atoms with E-state index in [0.29, 0.717) is 5.82 Å². The number of halogens is 1. The Morgan fingerprint density at radius 1 is 1.47 bits per heavy atom. The molecule has 0 aliphatic heterocycles. The first-order valence-electron chi connectivity index (χ1n) is 4.87. The minimum absolute atomic E-state index is 0.259. The summed E-state index contributed by atoms with van der Waals surface area (Å²) in [6.07, 6.45) is 1.14. The van der Waals surface area contributed by atoms with E-state index in [-0.39, 0.29) is 12.6 Å². The summed E-state index contributed by atoms with van der Waals surface area (Å²) in [5.41, 5.74) is 0. The molecule has 0 spiro atoms. The van der Waals surface area contributed by atoms with E-state index >= 15 is 0 Å². The molecular formula is C10H14BrN3O3. The minimum atomic E-state index is -0.460. The molecule has 2 N–H and O–H groups in total. The number of rotatable bonds is 5. The van der Waals surface area contributed by atoms with Crippen molar-refractivity contribution < 1.29 is 14.3 Å². The molecule has 0 saturated carbocycles. The number of carbonyl (C=O) groups excluding carboxylic acids is 1. The van der Waals surface area contributed by atoms with Gasteiger partial charge in [-0.3, -0.25) is 5.32 Å². The number of hydrogen-bond donors (Lipinski definition) is 2. The number of pyridine rings is 1. The topological polar surface area (TPSA) is 72.5 Å². The molecule has 1 heterocycles. The maximum atomic E-state index is 11.4. The normalized spacial score (nSPS) is 10.4. The fourth-order valence-corrected chi connectivity index (χ4v) is 1.28. The highest BCUT2D eigenvalue weighted by Gasteiger charge is 2.07. The lowest BCUT2D eigenvalue weighted by molar-refractivity contribution is -0.0970. The summed E-state index contributed by atoms with van der Waals surface area (Å²) in [7, 11) is 3.01. The van der Waals surface area contributed by atoms with Crippen LogP contribution >= 0.6 is 15.9 Å². The van der Waals surface area contributed by atoms with Crippen LogP contribution in [0.4, 0.5) is 10.6 Å². The van der Waals surface area contributed by atoms with Crippen molar-refractivity contribution in [2.75, 3.05) is 26.1 Å². The summed E-state index contributed by atoms with van der Waals surface area (Å²) in [6, 6.07) is 3.11. The summed E-state index contributed by atoms with van der Waals surface area (Å²) < 4.78 is 10.7. The van der Waals surface area contributed by atoms with Crippen LogP contribution in [0.5, 0.6) is 0 Å². The molecule has 1 aromatic rings. The maximum absolute atomic E-state index is 11.4. The number of amides is 2. The molecule has 0 aliphatic carbocycles. The number of urea groups is 1. The third-order valence-corrected chi connectivity index (χ3v) is 2.39. The van der Waals surface area contributed by atoms with Gasteiger partial charge in [-0.15, -0.1) is 0 Å². The molecule has 0 saturated heterocycles. The number of hydrogen-bond acceptors (Lipinski definition) is 4. The van der Waals surface area contributed by atoms with Crippen molar-refractivity contribution in [3.05, 3.63) is 22.8 Å². The van der Waals surface area contributed by atoms with Gasteiger partial charge in [0.25, 0.3) is 0 Å². The SMILES string of the molecule is COC(CNC(=O)Nc1ccc(Br)cn1)OC. The van der Waals surface area contributed by atoms with Crippen LogP contribution < -0.4 is 10.6 Å². The van der Waals surface area contributed by atoms with Gasteiger partial charge < -0.3 is 14.8 Å². The van der Waals surface area contributed by atoms with Gasteiger partial charge in [0.05, 0.1) is 6.54 Å². The third kappa shape index (κ3) is 5.12. The summed E-state index contributed by atoms with van der Waals surface area (Å²) in [5, 5.41) is 5.18. The van der Waals surface area contributed by atoms with Crippen molar-refractivity contribution in [2.45, 2.75) is 6.29 Å². The van der Waals surface area contributed by atoms with Crippen LogP contribution in [0.15, 0.2) is 22.8 Å². The van der Waals surface area contributed by atoms with Crippen LogP contribution in [0, 0.1) is 0 Å². The monoisotopic (exact) mass is 303 g/mol. The Hall–Kier alpha value is -1.18. The molecular weight excluding hydrogens is 290 g/mol. The van der Waals surface area contributed by atoms with Crippen LogP contribution in [-0.4, -0.2) is 38.1 Å². The van der Waals surface area contributed by atoms with Gasteiger partial charge in [0, 0.05) is 24.9 Å². The van der Waals surface area contributed by atoms with Crippen molar-refractivity contribution in [3.63, 3.8) is 0 Å². The Bertz CT molecular complexity index is 354. The van der Waals surface area contributed by atoms with Gasteiger partial charge in [-0.25, -0.2) is 9.78 Å². The second kappa shape index (κ2) is 7.21. The largest absolute Gasteiger partial charge is 0.354 e. The molecule has 1 rings (SSSR count). The molecule has 17 heavy (non-hydrogen) atoms. The van der Waals surface area contributed by atoms with Crippen LogP contribution in [0.25, 0.3) is 0 Å². The fraction of sp³-hybridized carbons (Fsp3) is 0.400. The molecule has 7 heteroatoms. The Balaban J connectivity index is 2.37. The van der Waals surface area contributed by atoms with Crippen LogP contribution in [0.3, 0.4) is 0 Å². The molecule has 1 aromatic heterocycles. The molecule has 2 amide bonds. The molecule has 94 valence electrons. The van der Waals surface area contributed by atoms with Crippen molar-refractivity contribution in [1.82, 2.24) is 10.3 Å². The Labute approximate surface area is 108 Å². The van der Waals surface area contributed by atoms with E-state index in [2.05, 4.69) is 31.5 Å². The molecule has 0 fully saturated rings. The molecule has 6 nitrogen and oxygen atoms in total. The number of aromatic nitrogens is 1. The third-order valence-electron chi connectivity index (χ3n) is 1.92. The number of anilines is 1. The lowest BCUT2D eigenvalue weighted by atomic mass is 10.5. The van der Waals surface area contributed by atoms with Crippen LogP contribution in [0.2, 0.25) is 0 Å². The molecule has 0 unspecified atom stereocenters. The Kier molecular flexibility index (Phi) is 5.88. The van der Waals surface area contributed by atoms with Gasteiger partial charge >= 0.3 is 6.03 Å². The molecule has 0 atom stereocenters. The van der Waals surface area contributed by atoms with E-state index in [9.17, 15) is 4.79 Å². The predicted octanol–water partition coefficient (Wildman–Crippen LogP) is 1.58. The summed E-state index contributed by atoms with van der Waals surface area (Å²) in [5.74, 6) is 0.470. The van der Waals surface area contributed by atoms with E-state index in [1.807, 2.05) is 0 Å². The van der Waals surface area contributed by atoms with Gasteiger partial charge in [0.15, 0.2) is 6.29 Å². The smallest absolute Gasteiger partial charge is 0.320 e. The molecule has 0 radical (unpaired) electrons. The first kappa shape index (κ1) is 13.9. The van der Waals surface area contributed by atoms with E-state index in [4.69, 9.17) is 9.47 Å². The summed E-state index contributed by atoms with van der Waals surface area (Å²) >= 11 is 3.26. The zero-order valence-corrected chi connectivity index (χ0v) is 11.2. The highest BCUT2D eigenvalue weighted by Crippen LogP contribution is 2.10. The highest BCUT2D eigenvalue weighted by molar-refractivity contribution is 9.10. The van der Waals surface area contributed by atoms with E-state index in [1.54, 1.807) is 18.3 Å². The van der Waals surface area contributed by atoms with Gasteiger partial charge in [-0.2, -0.15) is 0 Å². The standard InChI is InChI=1S/C10H14BrN3O3/c1-16-9(17-2)6-13-10(15)14-8-4-3-7(11)5-12-8/h3-5,9H,6H2,1-2H3,(H2,12,13,14,15). The van der Waals surface area contributed by atoms with Crippen molar-refractivity contribution in [1.29, 1.82) is 0 Å². The van der Waals surface area contributed by atoms with E-state index in [0.717, 1.165) is 4.47 Å². The number of carbonyl (C=O) groups is 1. The van der Waals surface area contributed by atoms with Crippen LogP contribution in [0.1, 0.15) is 0 Å². The zero-order valence-electron chi connectivity index (χ0n) is 9.57. The van der Waals surface area contributed by atoms with E-state index < -0.39 is 6.29 Å². The maximum Gasteiger partial charge on any atom is 0.320 e. The summed E-state index contributed by atoms with van der Waals surface area (Å²) in [4.78, 5) is 15.5. The van der Waals surface area contributed by atoms with Crippen molar-refractivity contribution in [3.8, 4) is 0 Å². The Morgan fingerprint density at radius 2 is 2.18 bits per heavy atom. The van der Waals surface area contributed by atoms with Gasteiger partial charge in [0.1, 0.15) is 5.82 Å². The second-order valence-electron chi connectivity index (χ2n) is 3.10. The van der Waals surface area contributed by atoms with Gasteiger partial charge in [-0.05, 0) is 28.1 Å². The first-order chi connectivity index (χ1) is 8.15. The predicted molar refractivity (Wildman–Crippen MR) is 66.8 cm³/mol. The van der Waals surface area contributed by atoms with Crippen molar-refractivity contribution in [2.24, 2.45) is 0 Å². The Morgan fingerprint density at radius 3 is 2.71 bits per heavy atom. The zero-order chi connectivity index (χ0) is 12.7. The van der Waals surface area contributed by atoms with Gasteiger partial charge in [-0.1, -0.05) is 0 Å². The molecule has 0 aromatic carbocycles. The van der Waals surface area contributed by atoms with Crippen LogP contribution in [-0.2, 0) is 9.47 Å². The first-order valence-corrected chi connectivity index (χ1v) is 5.67. The minimum Gasteiger partial charge on any atom is -0.354 e. The second-order valence-corrected chi connectivity index (χ2v) is 4.01. The quantitative estimate of drug-likeness (QED) is 0.810. The number of methoxy groups -OCH3 is 2.